The number of carbonyl (C=O) groups is 2. The van der Waals surface area contributed by atoms with Crippen LogP contribution in [-0.4, -0.2) is 42.8 Å². The van der Waals surface area contributed by atoms with E-state index in [2.05, 4.69) is 15.6 Å². The highest BCUT2D eigenvalue weighted by Gasteiger charge is 2.26. The van der Waals surface area contributed by atoms with Crippen molar-refractivity contribution in [2.45, 2.75) is 52.3 Å². The number of aryl methyl sites for hydroxylation is 1. The number of benzene rings is 3. The van der Waals surface area contributed by atoms with Gasteiger partial charge in [-0.2, -0.15) is 4.98 Å². The predicted octanol–water partition coefficient (Wildman–Crippen LogP) is 5.87. The van der Waals surface area contributed by atoms with Crippen LogP contribution in [-0.2, 0) is 22.5 Å². The average Bonchev–Trinajstić information content (AvgIpc) is 2.95. The molecule has 0 radical (unpaired) electrons. The number of hydrogen-bond donors (Lipinski definition) is 2. The number of halogens is 1. The zero-order valence-electron chi connectivity index (χ0n) is 25.0. The van der Waals surface area contributed by atoms with Crippen LogP contribution in [0.5, 0.6) is 5.75 Å². The summed E-state index contributed by atoms with van der Waals surface area (Å²) < 4.78 is 16.1. The topological polar surface area (TPSA) is 123 Å². The lowest BCUT2D eigenvalue weighted by Crippen LogP contribution is -2.42. The van der Waals surface area contributed by atoms with E-state index < -0.39 is 23.4 Å². The van der Waals surface area contributed by atoms with Crippen LogP contribution in [0.1, 0.15) is 37.5 Å². The van der Waals surface area contributed by atoms with Gasteiger partial charge in [-0.15, -0.1) is 0 Å². The molecule has 1 aromatic heterocycles. The van der Waals surface area contributed by atoms with Gasteiger partial charge in [0.15, 0.2) is 0 Å². The zero-order valence-corrected chi connectivity index (χ0v) is 25.7. The Labute approximate surface area is 255 Å². The summed E-state index contributed by atoms with van der Waals surface area (Å²) in [7, 11) is 3.24. The van der Waals surface area contributed by atoms with Crippen LogP contribution in [0.2, 0.25) is 5.02 Å². The van der Waals surface area contributed by atoms with Crippen LogP contribution >= 0.6 is 11.6 Å². The first-order valence-corrected chi connectivity index (χ1v) is 14.0. The number of nitrogens with zero attached hydrogens (tertiary/aromatic N) is 2. The number of anilines is 2. The molecule has 2 N–H and O–H groups in total. The summed E-state index contributed by atoms with van der Waals surface area (Å²) >= 11 is 6.04. The number of amides is 2. The summed E-state index contributed by atoms with van der Waals surface area (Å²) in [5.74, 6) is 0.415. The summed E-state index contributed by atoms with van der Waals surface area (Å²) in [5, 5.41) is 6.59. The number of aromatic nitrogens is 1. The van der Waals surface area contributed by atoms with Crippen molar-refractivity contribution in [3.05, 3.63) is 92.8 Å². The average molecular weight is 607 g/mol. The second kappa shape index (κ2) is 13.2. The fourth-order valence-electron chi connectivity index (χ4n) is 4.47. The Morgan fingerprint density at radius 3 is 2.35 bits per heavy atom. The molecule has 1 heterocycles. The van der Waals surface area contributed by atoms with Crippen molar-refractivity contribution in [3.63, 3.8) is 0 Å². The van der Waals surface area contributed by atoms with Crippen molar-refractivity contribution < 1.29 is 23.5 Å². The molecule has 0 saturated heterocycles. The van der Waals surface area contributed by atoms with Gasteiger partial charge in [0.2, 0.25) is 5.91 Å². The lowest BCUT2D eigenvalue weighted by molar-refractivity contribution is -0.119. The van der Waals surface area contributed by atoms with E-state index in [0.29, 0.717) is 33.1 Å². The third kappa shape index (κ3) is 8.04. The molecule has 0 saturated carbocycles. The van der Waals surface area contributed by atoms with Crippen LogP contribution in [0, 0.1) is 6.92 Å². The van der Waals surface area contributed by atoms with E-state index in [1.165, 1.54) is 4.90 Å². The molecule has 10 nitrogen and oxygen atoms in total. The van der Waals surface area contributed by atoms with Gasteiger partial charge in [0.05, 0.1) is 18.0 Å². The largest absolute Gasteiger partial charge is 0.497 e. The number of nitrogens with one attached hydrogen (secondary N) is 2. The molecular weight excluding hydrogens is 572 g/mol. The van der Waals surface area contributed by atoms with Gasteiger partial charge < -0.3 is 29.4 Å². The van der Waals surface area contributed by atoms with Crippen molar-refractivity contribution in [2.24, 2.45) is 0 Å². The fourth-order valence-corrected chi connectivity index (χ4v) is 4.60. The molecule has 1 unspecified atom stereocenters. The Morgan fingerprint density at radius 1 is 1.05 bits per heavy atom. The Bertz CT molecular complexity index is 1660. The lowest BCUT2D eigenvalue weighted by atomic mass is 10.0. The maximum atomic E-state index is 13.7. The standard InChI is InChI=1S/C32H35ClN4O6/c1-19-21(18-34-31(40)43-32(2,3)4)9-16-25-27(19)29(39)42-30(35-25)36-26(17-20-7-14-24(41-6)15-8-20)28(38)37(5)23-12-10-22(33)11-13-23/h7-16,26H,17-18H2,1-6H3,(H,34,40)(H,35,36). The Balaban J connectivity index is 1.61. The minimum Gasteiger partial charge on any atom is -0.497 e. The lowest BCUT2D eigenvalue weighted by Gasteiger charge is -2.25. The Hall–Kier alpha value is -4.57. The summed E-state index contributed by atoms with van der Waals surface area (Å²) in [4.78, 5) is 45.1. The van der Waals surface area contributed by atoms with Gasteiger partial charge >= 0.3 is 11.7 Å². The fraction of sp³-hybridized carbons (Fsp3) is 0.312. The van der Waals surface area contributed by atoms with E-state index in [4.69, 9.17) is 25.5 Å². The first kappa shape index (κ1) is 31.4. The number of carbonyl (C=O) groups excluding carboxylic acids is 2. The van der Waals surface area contributed by atoms with Gasteiger partial charge in [0.25, 0.3) is 6.01 Å². The van der Waals surface area contributed by atoms with Gasteiger partial charge in [-0.05, 0) is 86.8 Å². The Kier molecular flexibility index (Phi) is 9.60. The van der Waals surface area contributed by atoms with Crippen LogP contribution in [0.4, 0.5) is 16.5 Å². The van der Waals surface area contributed by atoms with Crippen LogP contribution in [0.3, 0.4) is 0 Å². The number of fused-ring (bicyclic) bond motifs is 1. The number of ether oxygens (including phenoxy) is 2. The predicted molar refractivity (Wildman–Crippen MR) is 167 cm³/mol. The summed E-state index contributed by atoms with van der Waals surface area (Å²) in [6, 6.07) is 16.8. The molecule has 4 rings (SSSR count). The number of rotatable bonds is 9. The maximum Gasteiger partial charge on any atom is 0.407 e. The smallest absolute Gasteiger partial charge is 0.407 e. The van der Waals surface area contributed by atoms with Gasteiger partial charge in [-0.3, -0.25) is 4.79 Å². The summed E-state index contributed by atoms with van der Waals surface area (Å²) in [6.45, 7) is 7.26. The SMILES string of the molecule is COc1ccc(CC(Nc2nc3ccc(CNC(=O)OC(C)(C)C)c(C)c3c(=O)o2)C(=O)N(C)c2ccc(Cl)cc2)cc1. The molecular formula is C32H35ClN4O6. The van der Waals surface area contributed by atoms with E-state index in [1.54, 1.807) is 78.3 Å². The molecule has 43 heavy (non-hydrogen) atoms. The summed E-state index contributed by atoms with van der Waals surface area (Å²) in [6.07, 6.45) is -0.286. The minimum atomic E-state index is -0.833. The highest BCUT2D eigenvalue weighted by atomic mass is 35.5. The van der Waals surface area contributed by atoms with Crippen molar-refractivity contribution in [1.82, 2.24) is 10.3 Å². The van der Waals surface area contributed by atoms with Crippen molar-refractivity contribution >= 4 is 46.2 Å². The molecule has 0 bridgehead atoms. The van der Waals surface area contributed by atoms with Crippen molar-refractivity contribution in [2.75, 3.05) is 24.4 Å². The van der Waals surface area contributed by atoms with Crippen molar-refractivity contribution in [1.29, 1.82) is 0 Å². The van der Waals surface area contributed by atoms with E-state index in [1.807, 2.05) is 24.3 Å². The number of likely N-dealkylation sites (N-methyl/N-ethyl adjacent to an activating group) is 1. The minimum absolute atomic E-state index is 0.0899. The van der Waals surface area contributed by atoms with E-state index >= 15 is 0 Å². The van der Waals surface area contributed by atoms with Crippen LogP contribution < -0.4 is 25.9 Å². The highest BCUT2D eigenvalue weighted by molar-refractivity contribution is 6.30. The molecule has 226 valence electrons. The number of alkyl carbamates (subject to hydrolysis) is 1. The van der Waals surface area contributed by atoms with Crippen molar-refractivity contribution in [3.8, 4) is 5.75 Å². The van der Waals surface area contributed by atoms with E-state index in [0.717, 1.165) is 5.56 Å². The highest BCUT2D eigenvalue weighted by Crippen LogP contribution is 2.23. The quantitative estimate of drug-likeness (QED) is 0.243. The zero-order chi connectivity index (χ0) is 31.3. The molecule has 0 aliphatic carbocycles. The first-order valence-electron chi connectivity index (χ1n) is 13.7. The molecule has 0 spiro atoms. The number of hydrogen-bond acceptors (Lipinski definition) is 8. The van der Waals surface area contributed by atoms with Gasteiger partial charge in [-0.1, -0.05) is 29.8 Å². The second-order valence-electron chi connectivity index (χ2n) is 11.0. The van der Waals surface area contributed by atoms with E-state index in [-0.39, 0.29) is 30.3 Å². The molecule has 2 amide bonds. The third-order valence-electron chi connectivity index (χ3n) is 6.73. The van der Waals surface area contributed by atoms with Crippen LogP contribution in [0.15, 0.2) is 69.9 Å². The second-order valence-corrected chi connectivity index (χ2v) is 11.5. The monoisotopic (exact) mass is 606 g/mol. The molecule has 1 atom stereocenters. The molecule has 11 heteroatoms. The Morgan fingerprint density at radius 2 is 1.72 bits per heavy atom. The molecule has 0 fully saturated rings. The molecule has 3 aromatic carbocycles. The van der Waals surface area contributed by atoms with Crippen LogP contribution in [0.25, 0.3) is 10.9 Å². The summed E-state index contributed by atoms with van der Waals surface area (Å²) in [5.41, 5.74) is 1.97. The third-order valence-corrected chi connectivity index (χ3v) is 6.98. The normalized spacial score (nSPS) is 12.0. The van der Waals surface area contributed by atoms with Gasteiger partial charge in [-0.25, -0.2) is 9.59 Å². The van der Waals surface area contributed by atoms with E-state index in [9.17, 15) is 14.4 Å². The number of methoxy groups -OCH3 is 1. The first-order chi connectivity index (χ1) is 20.3. The van der Waals surface area contributed by atoms with Gasteiger partial charge in [0, 0.05) is 30.7 Å². The molecule has 0 aliphatic rings. The molecule has 0 aliphatic heterocycles. The maximum absolute atomic E-state index is 13.7. The van der Waals surface area contributed by atoms with Gasteiger partial charge in [0.1, 0.15) is 17.4 Å². The molecule has 4 aromatic rings.